The van der Waals surface area contributed by atoms with Crippen molar-refractivity contribution in [2.24, 2.45) is 11.3 Å². The summed E-state index contributed by atoms with van der Waals surface area (Å²) in [6.07, 6.45) is 8.48. The molecule has 2 saturated carbocycles. The van der Waals surface area contributed by atoms with Crippen molar-refractivity contribution < 1.29 is 45.5 Å². The van der Waals surface area contributed by atoms with Gasteiger partial charge in [-0.1, -0.05) is 38.1 Å². The van der Waals surface area contributed by atoms with Gasteiger partial charge in [0, 0.05) is 88.0 Å². The van der Waals surface area contributed by atoms with E-state index >= 15 is 0 Å². The van der Waals surface area contributed by atoms with E-state index in [1.165, 1.54) is 37.4 Å². The molecule has 23 heteroatoms. The van der Waals surface area contributed by atoms with E-state index in [4.69, 9.17) is 9.47 Å². The number of halogens is 1. The first-order valence-electron chi connectivity index (χ1n) is 25.6. The van der Waals surface area contributed by atoms with E-state index in [2.05, 4.69) is 77.8 Å². The predicted octanol–water partition coefficient (Wildman–Crippen LogP) is 7.06. The predicted molar refractivity (Wildman–Crippen MR) is 282 cm³/mol. The highest BCUT2D eigenvalue weighted by Crippen LogP contribution is 2.53. The number of methoxy groups -OCH3 is 1. The number of nitro groups is 1. The lowest BCUT2D eigenvalue weighted by atomic mass is 9.59. The standard InChI is InChI=1S/C52H67FN10O10S2/c1-33(2)38-8-6-7-9-39(38)44-32-60(22-23-74(68,69)54-4)20-21-62(44)36-27-52(28-36)16-18-61(19-17-52)35-10-11-40(45(24-35)73-46-26-41-42(53)31-57-47(41)58-50(46)72-5)49(64)59-75(70,71)37-25-43(63(66)67)48(56-30-37)55-29-34-12-14-51(3,65)15-13-34/h6-11,24-26,30-31,33-34,36,44,54,65H,12-23,27-29,32H2,1-5H3,(H,55,56)(H,57,58)(H,59,64)/t34?,44-,51?/m0/s1. The molecule has 1 atom stereocenters. The normalized spacial score (nSPS) is 21.8. The molecule has 20 nitrogen and oxygen atoms in total. The highest BCUT2D eigenvalue weighted by Gasteiger charge is 2.50. The number of piperidine rings is 1. The van der Waals surface area contributed by atoms with Crippen LogP contribution >= 0.6 is 0 Å². The van der Waals surface area contributed by atoms with Gasteiger partial charge in [0.05, 0.1) is 40.5 Å². The van der Waals surface area contributed by atoms with Crippen LogP contribution in [0.25, 0.3) is 11.0 Å². The first-order valence-corrected chi connectivity index (χ1v) is 28.7. The van der Waals surface area contributed by atoms with E-state index in [1.807, 2.05) is 4.72 Å². The Kier molecular flexibility index (Phi) is 15.5. The molecule has 5 aromatic rings. The van der Waals surface area contributed by atoms with Crippen LogP contribution < -0.4 is 29.1 Å². The monoisotopic (exact) mass is 1070 g/mol. The van der Waals surface area contributed by atoms with Crippen LogP contribution in [0.4, 0.5) is 21.6 Å². The van der Waals surface area contributed by atoms with Crippen molar-refractivity contribution in [3.05, 3.63) is 99.6 Å². The Morgan fingerprint density at radius 1 is 1.01 bits per heavy atom. The lowest BCUT2D eigenvalue weighted by Gasteiger charge is -2.58. The van der Waals surface area contributed by atoms with Crippen LogP contribution in [-0.2, 0) is 20.0 Å². The summed E-state index contributed by atoms with van der Waals surface area (Å²) in [5, 5.41) is 25.6. The average Bonchev–Trinajstić information content (AvgIpc) is 3.74. The number of anilines is 2. The van der Waals surface area contributed by atoms with Gasteiger partial charge in [-0.05, 0) is 106 Å². The maximum absolute atomic E-state index is 14.9. The number of benzene rings is 2. The topological polar surface area (TPSA) is 255 Å². The second-order valence-electron chi connectivity index (χ2n) is 21.3. The summed E-state index contributed by atoms with van der Waals surface area (Å²) < 4.78 is 83.7. The first-order chi connectivity index (χ1) is 35.7. The third-order valence-electron chi connectivity index (χ3n) is 16.0. The summed E-state index contributed by atoms with van der Waals surface area (Å²) in [5.41, 5.74) is 2.02. The molecule has 404 valence electrons. The number of sulfonamides is 2. The molecule has 0 unspecified atom stereocenters. The van der Waals surface area contributed by atoms with Gasteiger partial charge in [-0.3, -0.25) is 24.7 Å². The summed E-state index contributed by atoms with van der Waals surface area (Å²) in [6.45, 7) is 10.7. The number of nitrogens with one attached hydrogen (secondary N) is 4. The molecular formula is C52H67FN10O10S2. The molecule has 3 aromatic heterocycles. The zero-order valence-corrected chi connectivity index (χ0v) is 44.6. The minimum absolute atomic E-state index is 0.0336. The fraction of sp³-hybridized carbons (Fsp3) is 0.519. The number of amides is 1. The molecule has 4 fully saturated rings. The third-order valence-corrected chi connectivity index (χ3v) is 18.6. The Labute approximate surface area is 437 Å². The highest BCUT2D eigenvalue weighted by atomic mass is 32.2. The number of hydrogen-bond acceptors (Lipinski definition) is 16. The summed E-state index contributed by atoms with van der Waals surface area (Å²) in [6, 6.07) is 16.0. The number of H-pyrrole nitrogens is 1. The number of piperazine rings is 1. The molecule has 2 aliphatic heterocycles. The summed E-state index contributed by atoms with van der Waals surface area (Å²) in [4.78, 5) is 43.3. The molecule has 0 radical (unpaired) electrons. The number of carbonyl (C=O) groups is 1. The number of ether oxygens (including phenoxy) is 2. The molecular weight excluding hydrogens is 1010 g/mol. The smallest absolute Gasteiger partial charge is 0.312 e. The van der Waals surface area contributed by atoms with E-state index in [9.17, 15) is 41.2 Å². The number of aromatic amines is 1. The number of aliphatic hydroxyl groups is 1. The van der Waals surface area contributed by atoms with Gasteiger partial charge in [0.2, 0.25) is 15.8 Å². The minimum Gasteiger partial charge on any atom is -0.478 e. The van der Waals surface area contributed by atoms with Crippen LogP contribution in [0.2, 0.25) is 0 Å². The van der Waals surface area contributed by atoms with Crippen LogP contribution in [0.15, 0.2) is 71.9 Å². The van der Waals surface area contributed by atoms with Crippen LogP contribution in [0.3, 0.4) is 0 Å². The average molecular weight is 1080 g/mol. The van der Waals surface area contributed by atoms with E-state index in [-0.39, 0.29) is 62.9 Å². The van der Waals surface area contributed by atoms with E-state index in [0.29, 0.717) is 69.5 Å². The van der Waals surface area contributed by atoms with Crippen molar-refractivity contribution in [3.8, 4) is 17.4 Å². The Morgan fingerprint density at radius 2 is 1.75 bits per heavy atom. The Balaban J connectivity index is 0.922. The molecule has 1 spiro atoms. The summed E-state index contributed by atoms with van der Waals surface area (Å²) in [7, 11) is -5.31. The molecule has 2 aliphatic carbocycles. The molecule has 2 saturated heterocycles. The Morgan fingerprint density at radius 3 is 2.44 bits per heavy atom. The van der Waals surface area contributed by atoms with Crippen molar-refractivity contribution in [1.29, 1.82) is 0 Å². The molecule has 9 rings (SSSR count). The number of nitrogens with zero attached hydrogens (tertiary/aromatic N) is 6. The summed E-state index contributed by atoms with van der Waals surface area (Å²) >= 11 is 0. The van der Waals surface area contributed by atoms with Gasteiger partial charge in [0.25, 0.3) is 21.8 Å². The Hall–Kier alpha value is -5.98. The zero-order chi connectivity index (χ0) is 53.5. The fourth-order valence-electron chi connectivity index (χ4n) is 11.4. The molecule has 5 N–H and O–H groups in total. The van der Waals surface area contributed by atoms with Crippen molar-refractivity contribution >= 4 is 54.2 Å². The number of carbonyl (C=O) groups excluding carboxylic acids is 1. The Bertz CT molecular complexity index is 3150. The van der Waals surface area contributed by atoms with Gasteiger partial charge < -0.3 is 29.8 Å². The van der Waals surface area contributed by atoms with Crippen LogP contribution in [0.1, 0.15) is 106 Å². The maximum atomic E-state index is 14.9. The van der Waals surface area contributed by atoms with Crippen LogP contribution in [-0.4, -0.2) is 135 Å². The lowest BCUT2D eigenvalue weighted by Crippen LogP contribution is -2.60. The van der Waals surface area contributed by atoms with Gasteiger partial charge in [-0.25, -0.2) is 35.7 Å². The number of aromatic nitrogens is 3. The minimum atomic E-state index is -4.76. The van der Waals surface area contributed by atoms with E-state index < -0.39 is 52.9 Å². The molecule has 2 aromatic carbocycles. The van der Waals surface area contributed by atoms with Gasteiger partial charge in [-0.15, -0.1) is 0 Å². The number of pyridine rings is 2. The molecule has 75 heavy (non-hydrogen) atoms. The van der Waals surface area contributed by atoms with E-state index in [1.54, 1.807) is 19.1 Å². The quantitative estimate of drug-likeness (QED) is 0.0435. The summed E-state index contributed by atoms with van der Waals surface area (Å²) in [5.74, 6) is -1.51. The van der Waals surface area contributed by atoms with E-state index in [0.717, 1.165) is 63.8 Å². The fourth-order valence-corrected chi connectivity index (χ4v) is 13.1. The molecule has 5 heterocycles. The van der Waals surface area contributed by atoms with Crippen LogP contribution in [0.5, 0.6) is 17.4 Å². The maximum Gasteiger partial charge on any atom is 0.312 e. The number of hydrogen-bond donors (Lipinski definition) is 5. The van der Waals surface area contributed by atoms with Crippen LogP contribution in [0, 0.1) is 27.3 Å². The SMILES string of the molecule is CNS(=O)(=O)CCN1CCN(C2CC3(CCN(c4ccc(C(=O)NS(=O)(=O)c5cnc(NCC6CCC(C)(O)CC6)c([N+](=O)[O-])c5)c(Oc5cc6c(F)c[nH]c6nc5OC)c4)CC3)C2)[C@H](c2ccccc2C(C)C)C1. The third kappa shape index (κ3) is 11.9. The van der Waals surface area contributed by atoms with Gasteiger partial charge in [-0.2, -0.15) is 4.98 Å². The molecule has 1 amide bonds. The highest BCUT2D eigenvalue weighted by molar-refractivity contribution is 7.90. The molecule has 0 bridgehead atoms. The first kappa shape index (κ1) is 53.8. The van der Waals surface area contributed by atoms with Crippen molar-refractivity contribution in [1.82, 2.24) is 34.2 Å². The van der Waals surface area contributed by atoms with Gasteiger partial charge in [0.1, 0.15) is 22.1 Å². The second-order valence-corrected chi connectivity index (χ2v) is 25.0. The van der Waals surface area contributed by atoms with Crippen molar-refractivity contribution in [2.45, 2.75) is 101 Å². The van der Waals surface area contributed by atoms with Crippen molar-refractivity contribution in [2.75, 3.05) is 75.9 Å². The van der Waals surface area contributed by atoms with Gasteiger partial charge in [0.15, 0.2) is 5.75 Å². The van der Waals surface area contributed by atoms with Gasteiger partial charge >= 0.3 is 5.69 Å². The lowest BCUT2D eigenvalue weighted by molar-refractivity contribution is -0.384. The zero-order valence-electron chi connectivity index (χ0n) is 43.0. The number of rotatable bonds is 18. The number of fused-ring (bicyclic) bond motifs is 1. The largest absolute Gasteiger partial charge is 0.478 e. The van der Waals surface area contributed by atoms with Crippen molar-refractivity contribution in [3.63, 3.8) is 0 Å². The molecule has 4 aliphatic rings. The second kappa shape index (κ2) is 21.6.